The molecule has 0 unspecified atom stereocenters. The van der Waals surface area contributed by atoms with E-state index >= 15 is 0 Å². The van der Waals surface area contributed by atoms with Gasteiger partial charge in [-0.25, -0.2) is 4.79 Å². The molecule has 1 aromatic heterocycles. The second kappa shape index (κ2) is 9.40. The molecule has 2 rings (SSSR count). The molecule has 0 fully saturated rings. The van der Waals surface area contributed by atoms with Crippen molar-refractivity contribution in [3.05, 3.63) is 50.1 Å². The molecule has 2 N–H and O–H groups in total. The van der Waals surface area contributed by atoms with E-state index in [0.717, 1.165) is 0 Å². The summed E-state index contributed by atoms with van der Waals surface area (Å²) in [6, 6.07) is 8.13. The van der Waals surface area contributed by atoms with E-state index in [2.05, 4.69) is 26.8 Å². The third kappa shape index (κ3) is 6.37. The molecular weight excluding hydrogens is 436 g/mol. The lowest BCUT2D eigenvalue weighted by Crippen LogP contribution is -2.43. The quantitative estimate of drug-likeness (QED) is 0.524. The van der Waals surface area contributed by atoms with Crippen LogP contribution in [0.4, 0.5) is 0 Å². The van der Waals surface area contributed by atoms with Gasteiger partial charge in [0, 0.05) is 5.02 Å². The van der Waals surface area contributed by atoms with Gasteiger partial charge in [-0.05, 0) is 45.6 Å². The summed E-state index contributed by atoms with van der Waals surface area (Å²) in [7, 11) is 0. The molecule has 0 atom stereocenters. The number of thiophene rings is 1. The SMILES string of the molecule is O=C(COC(=O)COc1ccc(Cl)cc1Br)NNC(=O)c1cccs1. The highest BCUT2D eigenvalue weighted by Gasteiger charge is 2.11. The summed E-state index contributed by atoms with van der Waals surface area (Å²) >= 11 is 10.3. The van der Waals surface area contributed by atoms with Gasteiger partial charge in [0.1, 0.15) is 5.75 Å². The van der Waals surface area contributed by atoms with Crippen molar-refractivity contribution < 1.29 is 23.9 Å². The molecule has 0 radical (unpaired) electrons. The first kappa shape index (κ1) is 19.2. The van der Waals surface area contributed by atoms with Crippen molar-refractivity contribution in [2.45, 2.75) is 0 Å². The normalized spacial score (nSPS) is 10.0. The fraction of sp³-hybridized carbons (Fsp3) is 0.133. The maximum Gasteiger partial charge on any atom is 0.344 e. The van der Waals surface area contributed by atoms with E-state index in [1.54, 1.807) is 35.7 Å². The van der Waals surface area contributed by atoms with Gasteiger partial charge in [-0.1, -0.05) is 17.7 Å². The van der Waals surface area contributed by atoms with E-state index in [0.29, 0.717) is 20.1 Å². The lowest BCUT2D eigenvalue weighted by molar-refractivity contribution is -0.150. The number of hydrogen-bond donors (Lipinski definition) is 2. The Balaban J connectivity index is 1.67. The average Bonchev–Trinajstić information content (AvgIpc) is 3.11. The van der Waals surface area contributed by atoms with Gasteiger partial charge in [0.25, 0.3) is 11.8 Å². The van der Waals surface area contributed by atoms with Gasteiger partial charge < -0.3 is 9.47 Å². The molecule has 0 aliphatic carbocycles. The van der Waals surface area contributed by atoms with E-state index in [-0.39, 0.29) is 6.61 Å². The highest BCUT2D eigenvalue weighted by atomic mass is 79.9. The number of benzene rings is 1. The van der Waals surface area contributed by atoms with Gasteiger partial charge in [-0.15, -0.1) is 11.3 Å². The van der Waals surface area contributed by atoms with Crippen LogP contribution >= 0.6 is 38.9 Å². The van der Waals surface area contributed by atoms with Crippen LogP contribution in [0.15, 0.2) is 40.2 Å². The molecular formula is C15H12BrClN2O5S. The van der Waals surface area contributed by atoms with Crippen LogP contribution in [-0.4, -0.2) is 31.0 Å². The Bertz CT molecular complexity index is 769. The lowest BCUT2D eigenvalue weighted by Gasteiger charge is -2.09. The number of rotatable bonds is 6. The lowest BCUT2D eigenvalue weighted by atomic mass is 10.3. The van der Waals surface area contributed by atoms with Crippen molar-refractivity contribution in [1.82, 2.24) is 10.9 Å². The number of hydrogen-bond acceptors (Lipinski definition) is 6. The molecule has 1 aromatic carbocycles. The second-order valence-corrected chi connectivity index (χ2v) is 6.74. The molecule has 10 heteroatoms. The summed E-state index contributed by atoms with van der Waals surface area (Å²) < 4.78 is 10.6. The minimum Gasteiger partial charge on any atom is -0.481 e. The predicted octanol–water partition coefficient (Wildman–Crippen LogP) is 2.55. The first-order valence-electron chi connectivity index (χ1n) is 6.82. The molecule has 0 aliphatic heterocycles. The molecule has 132 valence electrons. The summed E-state index contributed by atoms with van der Waals surface area (Å²) in [6.45, 7) is -0.927. The summed E-state index contributed by atoms with van der Waals surface area (Å²) in [5.41, 5.74) is 4.35. The molecule has 7 nitrogen and oxygen atoms in total. The molecule has 0 saturated heterocycles. The molecule has 0 spiro atoms. The first-order chi connectivity index (χ1) is 12.0. The Morgan fingerprint density at radius 3 is 2.64 bits per heavy atom. The van der Waals surface area contributed by atoms with E-state index in [1.807, 2.05) is 0 Å². The molecule has 0 bridgehead atoms. The van der Waals surface area contributed by atoms with E-state index < -0.39 is 24.4 Å². The Kier molecular flexibility index (Phi) is 7.23. The largest absolute Gasteiger partial charge is 0.481 e. The fourth-order valence-electron chi connectivity index (χ4n) is 1.55. The van der Waals surface area contributed by atoms with Crippen LogP contribution in [0.2, 0.25) is 5.02 Å². The van der Waals surface area contributed by atoms with Gasteiger partial charge in [0.05, 0.1) is 9.35 Å². The van der Waals surface area contributed by atoms with Crippen LogP contribution in [0.25, 0.3) is 0 Å². The molecule has 0 saturated carbocycles. The number of carbonyl (C=O) groups is 3. The minimum atomic E-state index is -0.735. The zero-order chi connectivity index (χ0) is 18.2. The van der Waals surface area contributed by atoms with Gasteiger partial charge in [0.15, 0.2) is 13.2 Å². The third-order valence-corrected chi connectivity index (χ3v) is 4.39. The van der Waals surface area contributed by atoms with Crippen LogP contribution in [0.1, 0.15) is 9.67 Å². The van der Waals surface area contributed by atoms with Crippen molar-refractivity contribution in [3.63, 3.8) is 0 Å². The van der Waals surface area contributed by atoms with Crippen LogP contribution < -0.4 is 15.6 Å². The third-order valence-electron chi connectivity index (χ3n) is 2.66. The Hall–Kier alpha value is -2.10. The number of hydrazine groups is 1. The number of ether oxygens (including phenoxy) is 2. The highest BCUT2D eigenvalue weighted by Crippen LogP contribution is 2.27. The van der Waals surface area contributed by atoms with Gasteiger partial charge in [-0.3, -0.25) is 20.4 Å². The Morgan fingerprint density at radius 1 is 1.16 bits per heavy atom. The zero-order valence-electron chi connectivity index (χ0n) is 12.6. The van der Waals surface area contributed by atoms with Crippen molar-refractivity contribution in [2.75, 3.05) is 13.2 Å². The Morgan fingerprint density at radius 2 is 1.96 bits per heavy atom. The summed E-state index contributed by atoms with van der Waals surface area (Å²) in [5.74, 6) is -1.45. The highest BCUT2D eigenvalue weighted by molar-refractivity contribution is 9.10. The van der Waals surface area contributed by atoms with E-state index in [4.69, 9.17) is 21.1 Å². The van der Waals surface area contributed by atoms with Crippen molar-refractivity contribution >= 4 is 56.7 Å². The van der Waals surface area contributed by atoms with Crippen molar-refractivity contribution in [3.8, 4) is 5.75 Å². The second-order valence-electron chi connectivity index (χ2n) is 4.50. The van der Waals surface area contributed by atoms with Gasteiger partial charge >= 0.3 is 5.97 Å². The van der Waals surface area contributed by atoms with E-state index in [9.17, 15) is 14.4 Å². The van der Waals surface area contributed by atoms with Crippen LogP contribution in [-0.2, 0) is 14.3 Å². The standard InChI is InChI=1S/C15H12BrClN2O5S/c16-10-6-9(17)3-4-11(10)23-8-14(21)24-7-13(20)18-19-15(22)12-2-1-5-25-12/h1-6H,7-8H2,(H,18,20)(H,19,22). The predicted molar refractivity (Wildman–Crippen MR) is 95.5 cm³/mol. The molecule has 2 aromatic rings. The van der Waals surface area contributed by atoms with Crippen LogP contribution in [0, 0.1) is 0 Å². The van der Waals surface area contributed by atoms with Crippen molar-refractivity contribution in [2.24, 2.45) is 0 Å². The van der Waals surface area contributed by atoms with Crippen LogP contribution in [0.3, 0.4) is 0 Å². The van der Waals surface area contributed by atoms with Crippen LogP contribution in [0.5, 0.6) is 5.75 Å². The Labute approximate surface area is 160 Å². The maximum atomic E-state index is 11.6. The number of nitrogens with one attached hydrogen (secondary N) is 2. The summed E-state index contributed by atoms with van der Waals surface area (Å²) in [4.78, 5) is 35.1. The first-order valence-corrected chi connectivity index (χ1v) is 8.87. The summed E-state index contributed by atoms with van der Waals surface area (Å²) in [5, 5.41) is 2.25. The van der Waals surface area contributed by atoms with Gasteiger partial charge in [-0.2, -0.15) is 0 Å². The maximum absolute atomic E-state index is 11.6. The number of amides is 2. The monoisotopic (exact) mass is 446 g/mol. The molecule has 2 amide bonds. The minimum absolute atomic E-state index is 0.380. The van der Waals surface area contributed by atoms with Gasteiger partial charge in [0.2, 0.25) is 0 Å². The van der Waals surface area contributed by atoms with Crippen molar-refractivity contribution in [1.29, 1.82) is 0 Å². The smallest absolute Gasteiger partial charge is 0.344 e. The average molecular weight is 448 g/mol. The van der Waals surface area contributed by atoms with E-state index in [1.165, 1.54) is 11.3 Å². The summed E-state index contributed by atoms with van der Waals surface area (Å²) in [6.07, 6.45) is 0. The zero-order valence-corrected chi connectivity index (χ0v) is 15.7. The number of carbonyl (C=O) groups excluding carboxylic acids is 3. The number of esters is 1. The number of halogens is 2. The molecule has 25 heavy (non-hydrogen) atoms. The molecule has 0 aliphatic rings. The molecule has 1 heterocycles. The topological polar surface area (TPSA) is 93.7 Å². The fourth-order valence-corrected chi connectivity index (χ4v) is 2.96.